The summed E-state index contributed by atoms with van der Waals surface area (Å²) in [5, 5.41) is 11.5. The molecule has 6 heteroatoms. The van der Waals surface area contributed by atoms with Gasteiger partial charge in [-0.15, -0.1) is 0 Å². The summed E-state index contributed by atoms with van der Waals surface area (Å²) < 4.78 is 1.93. The van der Waals surface area contributed by atoms with Crippen molar-refractivity contribution in [3.63, 3.8) is 0 Å². The molecule has 2 unspecified atom stereocenters. The van der Waals surface area contributed by atoms with Gasteiger partial charge in [0.2, 0.25) is 0 Å². The minimum Gasteiger partial charge on any atom is -0.357 e. The van der Waals surface area contributed by atoms with Gasteiger partial charge < -0.3 is 10.6 Å². The Morgan fingerprint density at radius 2 is 2.04 bits per heavy atom. The Morgan fingerprint density at radius 3 is 2.54 bits per heavy atom. The van der Waals surface area contributed by atoms with Crippen LogP contribution >= 0.6 is 0 Å². The third-order valence-corrected chi connectivity index (χ3v) is 5.09. The lowest BCUT2D eigenvalue weighted by Gasteiger charge is -2.22. The normalized spacial score (nSPS) is 22.4. The van der Waals surface area contributed by atoms with Crippen LogP contribution in [0.25, 0.3) is 0 Å². The molecule has 0 aromatic carbocycles. The van der Waals surface area contributed by atoms with E-state index in [1.54, 1.807) is 0 Å². The summed E-state index contributed by atoms with van der Waals surface area (Å²) in [5.74, 6) is 1.53. The third-order valence-electron chi connectivity index (χ3n) is 5.09. The Morgan fingerprint density at radius 1 is 1.33 bits per heavy atom. The lowest BCUT2D eigenvalue weighted by molar-refractivity contribution is 0.265. The van der Waals surface area contributed by atoms with Crippen LogP contribution in [-0.2, 0) is 13.6 Å². The predicted molar refractivity (Wildman–Crippen MR) is 100 cm³/mol. The predicted octanol–water partition coefficient (Wildman–Crippen LogP) is 1.82. The summed E-state index contributed by atoms with van der Waals surface area (Å²) in [7, 11) is 1.99. The molecule has 1 fully saturated rings. The molecule has 136 valence electrons. The van der Waals surface area contributed by atoms with Crippen LogP contribution in [0.4, 0.5) is 0 Å². The molecule has 0 radical (unpaired) electrons. The van der Waals surface area contributed by atoms with Crippen molar-refractivity contribution in [1.82, 2.24) is 25.3 Å². The quantitative estimate of drug-likeness (QED) is 0.637. The minimum atomic E-state index is 0.446. The van der Waals surface area contributed by atoms with Crippen molar-refractivity contribution in [3.8, 4) is 0 Å². The van der Waals surface area contributed by atoms with E-state index in [1.807, 2.05) is 11.7 Å². The number of rotatable bonds is 5. The number of guanidine groups is 1. The Hall–Kier alpha value is -1.56. The van der Waals surface area contributed by atoms with Gasteiger partial charge in [-0.2, -0.15) is 5.10 Å². The van der Waals surface area contributed by atoms with Crippen LogP contribution in [0, 0.1) is 19.8 Å². The van der Waals surface area contributed by atoms with Crippen LogP contribution < -0.4 is 10.6 Å². The standard InChI is InChI=1S/C18H34N6/c1-8-19-18(20-9-16-14(5)22-23(7)15(16)6)21-17-11-24(12(2)3)10-13(17)4/h12-13,17H,8-11H2,1-7H3,(H2,19,20,21). The molecule has 2 N–H and O–H groups in total. The van der Waals surface area contributed by atoms with E-state index in [-0.39, 0.29) is 0 Å². The molecular formula is C18H34N6. The lowest BCUT2D eigenvalue weighted by Crippen LogP contribution is -2.46. The highest BCUT2D eigenvalue weighted by Crippen LogP contribution is 2.19. The van der Waals surface area contributed by atoms with Crippen molar-refractivity contribution in [2.45, 2.75) is 60.2 Å². The molecule has 1 aliphatic heterocycles. The molecule has 2 atom stereocenters. The summed E-state index contributed by atoms with van der Waals surface area (Å²) in [6, 6.07) is 1.04. The number of aryl methyl sites for hydroxylation is 2. The van der Waals surface area contributed by atoms with Gasteiger partial charge in [0.25, 0.3) is 0 Å². The molecule has 24 heavy (non-hydrogen) atoms. The average molecular weight is 335 g/mol. The molecule has 6 nitrogen and oxygen atoms in total. The zero-order valence-electron chi connectivity index (χ0n) is 16.3. The van der Waals surface area contributed by atoms with Crippen molar-refractivity contribution in [3.05, 3.63) is 17.0 Å². The van der Waals surface area contributed by atoms with Crippen LogP contribution in [0.15, 0.2) is 4.99 Å². The Bertz CT molecular complexity index is 574. The van der Waals surface area contributed by atoms with Crippen LogP contribution in [0.5, 0.6) is 0 Å². The van der Waals surface area contributed by atoms with E-state index in [1.165, 1.54) is 11.3 Å². The molecule has 2 heterocycles. The van der Waals surface area contributed by atoms with Crippen LogP contribution in [0.1, 0.15) is 44.6 Å². The maximum absolute atomic E-state index is 4.81. The van der Waals surface area contributed by atoms with Crippen LogP contribution in [-0.4, -0.2) is 52.4 Å². The van der Waals surface area contributed by atoms with Crippen molar-refractivity contribution in [2.24, 2.45) is 18.0 Å². The maximum atomic E-state index is 4.81. The van der Waals surface area contributed by atoms with Crippen molar-refractivity contribution in [1.29, 1.82) is 0 Å². The van der Waals surface area contributed by atoms with Crippen LogP contribution in [0.2, 0.25) is 0 Å². The first-order chi connectivity index (χ1) is 11.3. The van der Waals surface area contributed by atoms with Crippen molar-refractivity contribution in [2.75, 3.05) is 19.6 Å². The van der Waals surface area contributed by atoms with E-state index in [0.717, 1.165) is 31.3 Å². The number of nitrogens with one attached hydrogen (secondary N) is 2. The smallest absolute Gasteiger partial charge is 0.191 e. The maximum Gasteiger partial charge on any atom is 0.191 e. The summed E-state index contributed by atoms with van der Waals surface area (Å²) in [4.78, 5) is 7.34. The summed E-state index contributed by atoms with van der Waals surface area (Å²) in [5.41, 5.74) is 3.47. The second-order valence-electron chi connectivity index (χ2n) is 7.24. The summed E-state index contributed by atoms with van der Waals surface area (Å²) in [6.07, 6.45) is 0. The first-order valence-corrected chi connectivity index (χ1v) is 9.11. The van der Waals surface area contributed by atoms with Crippen LogP contribution in [0.3, 0.4) is 0 Å². The van der Waals surface area contributed by atoms with E-state index < -0.39 is 0 Å². The van der Waals surface area contributed by atoms with Gasteiger partial charge in [-0.3, -0.25) is 9.58 Å². The molecule has 1 aliphatic rings. The van der Waals surface area contributed by atoms with Crippen molar-refractivity contribution >= 4 is 5.96 Å². The van der Waals surface area contributed by atoms with E-state index in [0.29, 0.717) is 24.5 Å². The molecule has 1 saturated heterocycles. The Kier molecular flexibility index (Phi) is 6.27. The van der Waals surface area contributed by atoms with Gasteiger partial charge in [0.15, 0.2) is 5.96 Å². The lowest BCUT2D eigenvalue weighted by atomic mass is 10.1. The number of likely N-dealkylation sites (tertiary alicyclic amines) is 1. The molecule has 0 saturated carbocycles. The minimum absolute atomic E-state index is 0.446. The third kappa shape index (κ3) is 4.29. The largest absolute Gasteiger partial charge is 0.357 e. The summed E-state index contributed by atoms with van der Waals surface area (Å²) in [6.45, 7) is 16.9. The van der Waals surface area contributed by atoms with Gasteiger partial charge in [-0.1, -0.05) is 6.92 Å². The number of nitrogens with zero attached hydrogens (tertiary/aromatic N) is 4. The average Bonchev–Trinajstić information content (AvgIpc) is 2.99. The molecular weight excluding hydrogens is 300 g/mol. The number of aliphatic imine (C=N–C) groups is 1. The molecule has 2 rings (SSSR count). The second kappa shape index (κ2) is 8.01. The van der Waals surface area contributed by atoms with Gasteiger partial charge in [-0.25, -0.2) is 4.99 Å². The molecule has 0 bridgehead atoms. The molecule has 1 aromatic heterocycles. The number of aromatic nitrogens is 2. The van der Waals surface area contributed by atoms with Gasteiger partial charge in [0.05, 0.1) is 12.2 Å². The van der Waals surface area contributed by atoms with E-state index in [4.69, 9.17) is 4.99 Å². The molecule has 0 aliphatic carbocycles. The number of hydrogen-bond donors (Lipinski definition) is 2. The fraction of sp³-hybridized carbons (Fsp3) is 0.778. The second-order valence-corrected chi connectivity index (χ2v) is 7.24. The molecule has 1 aromatic rings. The van der Waals surface area contributed by atoms with E-state index in [2.05, 4.69) is 62.2 Å². The Labute approximate surface area is 146 Å². The summed E-state index contributed by atoms with van der Waals surface area (Å²) >= 11 is 0. The monoisotopic (exact) mass is 334 g/mol. The SMILES string of the molecule is CCNC(=NCc1c(C)nn(C)c1C)NC1CN(C(C)C)CC1C. The highest BCUT2D eigenvalue weighted by atomic mass is 15.3. The Balaban J connectivity index is 2.06. The van der Waals surface area contributed by atoms with E-state index >= 15 is 0 Å². The molecule has 0 spiro atoms. The fourth-order valence-corrected chi connectivity index (χ4v) is 3.31. The zero-order valence-corrected chi connectivity index (χ0v) is 16.3. The zero-order chi connectivity index (χ0) is 17.9. The van der Waals surface area contributed by atoms with Gasteiger partial charge >= 0.3 is 0 Å². The first kappa shape index (κ1) is 18.8. The molecule has 0 amide bonds. The van der Waals surface area contributed by atoms with E-state index in [9.17, 15) is 0 Å². The first-order valence-electron chi connectivity index (χ1n) is 9.11. The highest BCUT2D eigenvalue weighted by molar-refractivity contribution is 5.80. The van der Waals surface area contributed by atoms with Gasteiger partial charge in [-0.05, 0) is 40.5 Å². The van der Waals surface area contributed by atoms with Gasteiger partial charge in [0.1, 0.15) is 0 Å². The fourth-order valence-electron chi connectivity index (χ4n) is 3.31. The van der Waals surface area contributed by atoms with Crippen molar-refractivity contribution < 1.29 is 0 Å². The topological polar surface area (TPSA) is 57.5 Å². The van der Waals surface area contributed by atoms with Gasteiger partial charge in [0, 0.05) is 50.0 Å². The highest BCUT2D eigenvalue weighted by Gasteiger charge is 2.31. The number of hydrogen-bond acceptors (Lipinski definition) is 3.